The van der Waals surface area contributed by atoms with Gasteiger partial charge in [0.15, 0.2) is 0 Å². The molecule has 10 heteroatoms. The number of hydrogen-bond acceptors (Lipinski definition) is 6. The number of carbonyl (C=O) groups is 4. The fraction of sp³-hybridized carbons (Fsp3) is 0.400. The number of benzene rings is 2. The summed E-state index contributed by atoms with van der Waals surface area (Å²) in [6, 6.07) is 13.0. The summed E-state index contributed by atoms with van der Waals surface area (Å²) in [5.74, 6) is -1.07. The van der Waals surface area contributed by atoms with E-state index in [0.29, 0.717) is 28.0 Å². The van der Waals surface area contributed by atoms with E-state index in [4.69, 9.17) is 9.47 Å². The van der Waals surface area contributed by atoms with Crippen molar-refractivity contribution in [1.29, 1.82) is 0 Å². The van der Waals surface area contributed by atoms with Crippen LogP contribution < -0.4 is 15.5 Å². The summed E-state index contributed by atoms with van der Waals surface area (Å²) in [6.45, 7) is 12.0. The molecule has 214 valence electrons. The van der Waals surface area contributed by atoms with Crippen LogP contribution in [0.1, 0.15) is 64.5 Å². The molecule has 0 saturated heterocycles. The summed E-state index contributed by atoms with van der Waals surface area (Å²) in [5.41, 5.74) is 1.51. The SMILES string of the molecule is CC(=O)N(C)c1cccc(C[C@H](NC(=O)OC(C)(C)C)C(=O)Nc2ccc3[nH]c(C(=O)OC(C)(C)C)cc3c2)c1. The number of esters is 1. The average Bonchev–Trinajstić information content (AvgIpc) is 3.25. The molecule has 0 aliphatic carbocycles. The molecule has 1 aromatic heterocycles. The molecule has 0 saturated carbocycles. The molecular formula is C30H38N4O6. The molecule has 2 aromatic carbocycles. The lowest BCUT2D eigenvalue weighted by Gasteiger charge is -2.24. The van der Waals surface area contributed by atoms with Gasteiger partial charge in [-0.2, -0.15) is 0 Å². The van der Waals surface area contributed by atoms with Crippen LogP contribution >= 0.6 is 0 Å². The molecule has 3 aromatic rings. The highest BCUT2D eigenvalue weighted by Gasteiger charge is 2.26. The third kappa shape index (κ3) is 8.59. The predicted molar refractivity (Wildman–Crippen MR) is 154 cm³/mol. The van der Waals surface area contributed by atoms with Gasteiger partial charge in [0.25, 0.3) is 0 Å². The minimum atomic E-state index is -0.980. The third-order valence-corrected chi connectivity index (χ3v) is 5.72. The Morgan fingerprint density at radius 1 is 0.925 bits per heavy atom. The van der Waals surface area contributed by atoms with Crippen LogP contribution in [0.4, 0.5) is 16.2 Å². The Balaban J connectivity index is 1.83. The van der Waals surface area contributed by atoms with E-state index in [-0.39, 0.29) is 12.3 Å². The first-order valence-electron chi connectivity index (χ1n) is 13.0. The molecule has 3 N–H and O–H groups in total. The van der Waals surface area contributed by atoms with Crippen molar-refractivity contribution < 1.29 is 28.7 Å². The number of H-pyrrole nitrogens is 1. The number of nitrogens with one attached hydrogen (secondary N) is 3. The number of fused-ring (bicyclic) bond motifs is 1. The van der Waals surface area contributed by atoms with E-state index in [2.05, 4.69) is 15.6 Å². The van der Waals surface area contributed by atoms with Gasteiger partial charge < -0.3 is 30.0 Å². The van der Waals surface area contributed by atoms with Crippen LogP contribution in [0.2, 0.25) is 0 Å². The molecule has 0 bridgehead atoms. The van der Waals surface area contributed by atoms with Crippen molar-refractivity contribution in [2.24, 2.45) is 0 Å². The van der Waals surface area contributed by atoms with Crippen LogP contribution in [-0.4, -0.2) is 53.2 Å². The van der Waals surface area contributed by atoms with Crippen molar-refractivity contribution in [3.63, 3.8) is 0 Å². The van der Waals surface area contributed by atoms with Crippen molar-refractivity contribution >= 4 is 46.2 Å². The van der Waals surface area contributed by atoms with Crippen LogP contribution in [0.3, 0.4) is 0 Å². The highest BCUT2D eigenvalue weighted by molar-refractivity contribution is 6.00. The number of rotatable bonds is 7. The van der Waals surface area contributed by atoms with Gasteiger partial charge in [-0.25, -0.2) is 9.59 Å². The number of amides is 3. The molecule has 40 heavy (non-hydrogen) atoms. The van der Waals surface area contributed by atoms with Crippen molar-refractivity contribution in [2.75, 3.05) is 17.3 Å². The topological polar surface area (TPSA) is 130 Å². The Hall–Kier alpha value is -4.34. The molecule has 1 atom stereocenters. The van der Waals surface area contributed by atoms with Gasteiger partial charge in [-0.05, 0) is 83.5 Å². The zero-order chi connectivity index (χ0) is 29.8. The Labute approximate surface area is 234 Å². The molecule has 3 amide bonds. The minimum Gasteiger partial charge on any atom is -0.455 e. The van der Waals surface area contributed by atoms with Gasteiger partial charge in [-0.3, -0.25) is 9.59 Å². The Morgan fingerprint density at radius 2 is 1.60 bits per heavy atom. The fourth-order valence-electron chi connectivity index (χ4n) is 3.85. The van der Waals surface area contributed by atoms with E-state index in [9.17, 15) is 19.2 Å². The number of anilines is 2. The largest absolute Gasteiger partial charge is 0.455 e. The summed E-state index contributed by atoms with van der Waals surface area (Å²) in [7, 11) is 1.66. The molecule has 0 aliphatic heterocycles. The van der Waals surface area contributed by atoms with Crippen LogP contribution in [0.5, 0.6) is 0 Å². The van der Waals surface area contributed by atoms with Crippen molar-refractivity contribution in [2.45, 2.75) is 72.1 Å². The van der Waals surface area contributed by atoms with Crippen molar-refractivity contribution in [1.82, 2.24) is 10.3 Å². The predicted octanol–water partition coefficient (Wildman–Crippen LogP) is 5.18. The normalized spacial score (nSPS) is 12.4. The second-order valence-corrected chi connectivity index (χ2v) is 11.6. The molecule has 0 radical (unpaired) electrons. The molecular weight excluding hydrogens is 512 g/mol. The van der Waals surface area contributed by atoms with Gasteiger partial charge in [0, 0.05) is 42.7 Å². The number of hydrogen-bond donors (Lipinski definition) is 3. The first kappa shape index (κ1) is 30.2. The van der Waals surface area contributed by atoms with Gasteiger partial charge in [-0.15, -0.1) is 0 Å². The summed E-state index contributed by atoms with van der Waals surface area (Å²) < 4.78 is 10.8. The zero-order valence-electron chi connectivity index (χ0n) is 24.3. The van der Waals surface area contributed by atoms with Crippen LogP contribution in [0.15, 0.2) is 48.5 Å². The second kappa shape index (κ2) is 11.8. The maximum Gasteiger partial charge on any atom is 0.408 e. The van der Waals surface area contributed by atoms with Crippen molar-refractivity contribution in [3.05, 3.63) is 59.8 Å². The maximum absolute atomic E-state index is 13.4. The number of nitrogens with zero attached hydrogens (tertiary/aromatic N) is 1. The summed E-state index contributed by atoms with van der Waals surface area (Å²) in [6.07, 6.45) is -0.576. The van der Waals surface area contributed by atoms with E-state index in [1.807, 2.05) is 6.07 Å². The lowest BCUT2D eigenvalue weighted by molar-refractivity contribution is -0.118. The van der Waals surface area contributed by atoms with Gasteiger partial charge in [-0.1, -0.05) is 12.1 Å². The standard InChI is InChI=1S/C30H38N4O6/c1-18(35)34(8)22-11-9-10-19(14-22)15-24(33-28(38)40-30(5,6)7)26(36)31-21-12-13-23-20(16-21)17-25(32-23)27(37)39-29(2,3)4/h9-14,16-17,24,32H,15H2,1-8H3,(H,31,36)(H,33,38)/t24-/m0/s1. The van der Waals surface area contributed by atoms with E-state index < -0.39 is 35.2 Å². The Kier molecular flexibility index (Phi) is 8.92. The first-order valence-corrected chi connectivity index (χ1v) is 13.0. The smallest absolute Gasteiger partial charge is 0.408 e. The quantitative estimate of drug-likeness (QED) is 0.348. The minimum absolute atomic E-state index is 0.131. The lowest BCUT2D eigenvalue weighted by atomic mass is 10.0. The van der Waals surface area contributed by atoms with Gasteiger partial charge in [0.2, 0.25) is 11.8 Å². The van der Waals surface area contributed by atoms with Crippen LogP contribution in [0.25, 0.3) is 10.9 Å². The summed E-state index contributed by atoms with van der Waals surface area (Å²) in [5, 5.41) is 6.23. The number of carbonyl (C=O) groups excluding carboxylic acids is 4. The molecule has 0 unspecified atom stereocenters. The Bertz CT molecular complexity index is 1410. The molecule has 0 fully saturated rings. The first-order chi connectivity index (χ1) is 18.5. The number of aromatic amines is 1. The van der Waals surface area contributed by atoms with E-state index in [1.54, 1.807) is 91.1 Å². The van der Waals surface area contributed by atoms with Crippen LogP contribution in [0, 0.1) is 0 Å². The van der Waals surface area contributed by atoms with Gasteiger partial charge in [0.05, 0.1) is 0 Å². The second-order valence-electron chi connectivity index (χ2n) is 11.6. The molecule has 10 nitrogen and oxygen atoms in total. The summed E-state index contributed by atoms with van der Waals surface area (Å²) in [4.78, 5) is 54.8. The highest BCUT2D eigenvalue weighted by Crippen LogP contribution is 2.23. The molecule has 3 rings (SSSR count). The van der Waals surface area contributed by atoms with Gasteiger partial charge >= 0.3 is 12.1 Å². The monoisotopic (exact) mass is 550 g/mol. The van der Waals surface area contributed by atoms with Gasteiger partial charge in [0.1, 0.15) is 22.9 Å². The Morgan fingerprint density at radius 3 is 2.23 bits per heavy atom. The molecule has 0 spiro atoms. The number of aromatic nitrogens is 1. The number of alkyl carbamates (subject to hydrolysis) is 1. The third-order valence-electron chi connectivity index (χ3n) is 5.72. The van der Waals surface area contributed by atoms with E-state index in [1.165, 1.54) is 11.8 Å². The van der Waals surface area contributed by atoms with Crippen molar-refractivity contribution in [3.8, 4) is 0 Å². The zero-order valence-corrected chi connectivity index (χ0v) is 24.3. The highest BCUT2D eigenvalue weighted by atomic mass is 16.6. The summed E-state index contributed by atoms with van der Waals surface area (Å²) >= 11 is 0. The maximum atomic E-state index is 13.4. The average molecular weight is 551 g/mol. The molecule has 0 aliphatic rings. The van der Waals surface area contributed by atoms with E-state index in [0.717, 1.165) is 5.56 Å². The van der Waals surface area contributed by atoms with Crippen LogP contribution in [-0.2, 0) is 25.5 Å². The number of ether oxygens (including phenoxy) is 2. The van der Waals surface area contributed by atoms with E-state index >= 15 is 0 Å². The molecule has 1 heterocycles. The fourth-order valence-corrected chi connectivity index (χ4v) is 3.85. The lowest BCUT2D eigenvalue weighted by Crippen LogP contribution is -2.47.